The number of nitrogens with zero attached hydrogens (tertiary/aromatic N) is 5. The molecule has 0 aliphatic carbocycles. The number of aromatic nitrogens is 5. The number of nitrogens with one attached hydrogen (secondary N) is 3. The Morgan fingerprint density at radius 2 is 2.06 bits per heavy atom. The monoisotopic (exact) mass is 440 g/mol. The van der Waals surface area contributed by atoms with Gasteiger partial charge in [-0.25, -0.2) is 24.1 Å². The van der Waals surface area contributed by atoms with Crippen LogP contribution in [-0.2, 0) is 6.42 Å². The Labute approximate surface area is 181 Å². The van der Waals surface area contributed by atoms with Gasteiger partial charge in [-0.2, -0.15) is 5.10 Å². The molecule has 0 atom stereocenters. The molecule has 1 aromatic carbocycles. The quantitative estimate of drug-likeness (QED) is 0.395. The second kappa shape index (κ2) is 9.04. The smallest absolute Gasteiger partial charge is 0.325 e. The lowest BCUT2D eigenvalue weighted by Crippen LogP contribution is -2.19. The highest BCUT2D eigenvalue weighted by molar-refractivity contribution is 7.15. The van der Waals surface area contributed by atoms with Crippen LogP contribution in [0.1, 0.15) is 24.8 Å². The largest absolute Gasteiger partial charge is 0.368 e. The minimum absolute atomic E-state index is 0.192. The van der Waals surface area contributed by atoms with Crippen molar-refractivity contribution in [3.05, 3.63) is 53.7 Å². The van der Waals surface area contributed by atoms with Gasteiger partial charge in [-0.15, -0.1) is 11.3 Å². The lowest BCUT2D eigenvalue weighted by molar-refractivity contribution is 0.262. The van der Waals surface area contributed by atoms with E-state index in [0.29, 0.717) is 23.8 Å². The van der Waals surface area contributed by atoms with E-state index < -0.39 is 11.8 Å². The zero-order valence-corrected chi connectivity index (χ0v) is 17.8. The van der Waals surface area contributed by atoms with Crippen LogP contribution in [0.3, 0.4) is 0 Å². The molecule has 0 bridgehead atoms. The van der Waals surface area contributed by atoms with Crippen LogP contribution in [0, 0.1) is 5.82 Å². The number of rotatable bonds is 7. The van der Waals surface area contributed by atoms with E-state index in [0.717, 1.165) is 21.7 Å². The standard InChI is InChI=1S/C20H21FN8OS/c1-12(2)29-17-16(10-26-29)24-11-25-18(17)22-7-6-15-9-23-20(31-15)28-19(30)27-14-5-3-4-13(21)8-14/h3-5,8-12H,6-7H2,1-2H3,(H,22,24,25)(H2,23,27,28,30). The third-order valence-electron chi connectivity index (χ3n) is 4.39. The number of fused-ring (bicyclic) bond motifs is 1. The van der Waals surface area contributed by atoms with Crippen LogP contribution in [0.2, 0.25) is 0 Å². The lowest BCUT2D eigenvalue weighted by atomic mass is 10.3. The van der Waals surface area contributed by atoms with Crippen molar-refractivity contribution >= 4 is 45.0 Å². The first-order chi connectivity index (χ1) is 15.0. The highest BCUT2D eigenvalue weighted by Crippen LogP contribution is 2.23. The third kappa shape index (κ3) is 4.94. The van der Waals surface area contributed by atoms with Gasteiger partial charge in [0, 0.05) is 35.8 Å². The zero-order valence-electron chi connectivity index (χ0n) is 17.0. The molecule has 0 spiro atoms. The molecule has 9 nitrogen and oxygen atoms in total. The molecule has 0 radical (unpaired) electrons. The molecule has 3 aromatic heterocycles. The van der Waals surface area contributed by atoms with E-state index in [4.69, 9.17) is 0 Å². The summed E-state index contributed by atoms with van der Waals surface area (Å²) in [4.78, 5) is 25.9. The van der Waals surface area contributed by atoms with Gasteiger partial charge in [0.15, 0.2) is 10.9 Å². The number of benzene rings is 1. The number of carbonyl (C=O) groups is 1. The van der Waals surface area contributed by atoms with Crippen LogP contribution in [0.25, 0.3) is 11.0 Å². The SMILES string of the molecule is CC(C)n1ncc2ncnc(NCCc3cnc(NC(=O)Nc4cccc(F)c4)s3)c21. The fourth-order valence-electron chi connectivity index (χ4n) is 3.02. The first kappa shape index (κ1) is 20.7. The lowest BCUT2D eigenvalue weighted by Gasteiger charge is -2.11. The van der Waals surface area contributed by atoms with Gasteiger partial charge in [0.1, 0.15) is 23.2 Å². The van der Waals surface area contributed by atoms with Gasteiger partial charge < -0.3 is 10.6 Å². The average Bonchev–Trinajstić information content (AvgIpc) is 3.35. The Morgan fingerprint density at radius 1 is 1.19 bits per heavy atom. The van der Waals surface area contributed by atoms with Crippen LogP contribution in [0.5, 0.6) is 0 Å². The van der Waals surface area contributed by atoms with E-state index in [1.165, 1.54) is 35.9 Å². The molecule has 31 heavy (non-hydrogen) atoms. The van der Waals surface area contributed by atoms with Gasteiger partial charge in [-0.3, -0.25) is 10.00 Å². The van der Waals surface area contributed by atoms with Crippen LogP contribution >= 0.6 is 11.3 Å². The predicted octanol–water partition coefficient (Wildman–Crippen LogP) is 4.30. The highest BCUT2D eigenvalue weighted by atomic mass is 32.1. The molecule has 4 aromatic rings. The van der Waals surface area contributed by atoms with Crippen LogP contribution in [-0.4, -0.2) is 37.3 Å². The molecule has 0 saturated carbocycles. The molecular weight excluding hydrogens is 419 g/mol. The molecule has 11 heteroatoms. The fraction of sp³-hybridized carbons (Fsp3) is 0.250. The number of hydrogen-bond donors (Lipinski definition) is 3. The summed E-state index contributed by atoms with van der Waals surface area (Å²) in [5, 5.41) is 13.4. The maximum absolute atomic E-state index is 13.2. The summed E-state index contributed by atoms with van der Waals surface area (Å²) in [7, 11) is 0. The maximum Gasteiger partial charge on any atom is 0.325 e. The van der Waals surface area contributed by atoms with Crippen LogP contribution < -0.4 is 16.0 Å². The Balaban J connectivity index is 1.33. The van der Waals surface area contributed by atoms with Gasteiger partial charge in [0.2, 0.25) is 0 Å². The summed E-state index contributed by atoms with van der Waals surface area (Å²) in [6, 6.07) is 5.41. The van der Waals surface area contributed by atoms with Crippen molar-refractivity contribution in [1.82, 2.24) is 24.7 Å². The molecule has 0 aliphatic rings. The van der Waals surface area contributed by atoms with Crippen molar-refractivity contribution in [1.29, 1.82) is 0 Å². The van der Waals surface area contributed by atoms with Gasteiger partial charge in [0.05, 0.1) is 6.20 Å². The first-order valence-electron chi connectivity index (χ1n) is 9.70. The van der Waals surface area contributed by atoms with E-state index in [-0.39, 0.29) is 6.04 Å². The summed E-state index contributed by atoms with van der Waals surface area (Å²) in [6.45, 7) is 4.74. The van der Waals surface area contributed by atoms with E-state index in [2.05, 4.69) is 49.8 Å². The van der Waals surface area contributed by atoms with Crippen molar-refractivity contribution in [2.75, 3.05) is 22.5 Å². The van der Waals surface area contributed by atoms with Gasteiger partial charge in [-0.1, -0.05) is 6.07 Å². The molecule has 0 unspecified atom stereocenters. The summed E-state index contributed by atoms with van der Waals surface area (Å²) >= 11 is 1.38. The van der Waals surface area contributed by atoms with E-state index in [1.54, 1.807) is 18.5 Å². The van der Waals surface area contributed by atoms with Crippen molar-refractivity contribution < 1.29 is 9.18 Å². The summed E-state index contributed by atoms with van der Waals surface area (Å²) in [5.41, 5.74) is 2.04. The van der Waals surface area contributed by atoms with Gasteiger partial charge in [0.25, 0.3) is 0 Å². The fourth-order valence-corrected chi connectivity index (χ4v) is 3.83. The minimum atomic E-state index is -0.477. The number of hydrogen-bond acceptors (Lipinski definition) is 7. The van der Waals surface area contributed by atoms with Crippen molar-refractivity contribution in [3.63, 3.8) is 0 Å². The second-order valence-electron chi connectivity index (χ2n) is 7.04. The zero-order chi connectivity index (χ0) is 21.8. The molecule has 0 fully saturated rings. The molecule has 3 N–H and O–H groups in total. The highest BCUT2D eigenvalue weighted by Gasteiger charge is 2.13. The Bertz CT molecular complexity index is 1200. The second-order valence-corrected chi connectivity index (χ2v) is 8.15. The van der Waals surface area contributed by atoms with Crippen molar-refractivity contribution in [2.24, 2.45) is 0 Å². The number of anilines is 3. The molecule has 0 saturated heterocycles. The van der Waals surface area contributed by atoms with Gasteiger partial charge >= 0.3 is 6.03 Å². The molecule has 4 rings (SSSR count). The van der Waals surface area contributed by atoms with Crippen molar-refractivity contribution in [2.45, 2.75) is 26.3 Å². The number of urea groups is 1. The van der Waals surface area contributed by atoms with Crippen molar-refractivity contribution in [3.8, 4) is 0 Å². The average molecular weight is 441 g/mol. The topological polar surface area (TPSA) is 110 Å². The molecule has 3 heterocycles. The summed E-state index contributed by atoms with van der Waals surface area (Å²) in [5.74, 6) is 0.313. The number of carbonyl (C=O) groups excluding carboxylic acids is 1. The molecule has 0 aliphatic heterocycles. The third-order valence-corrected chi connectivity index (χ3v) is 5.37. The molecular formula is C20H21FN8OS. The van der Waals surface area contributed by atoms with E-state index in [9.17, 15) is 9.18 Å². The predicted molar refractivity (Wildman–Crippen MR) is 119 cm³/mol. The molecule has 160 valence electrons. The number of amides is 2. The summed E-state index contributed by atoms with van der Waals surface area (Å²) < 4.78 is 15.1. The normalized spacial score (nSPS) is 11.1. The number of halogens is 1. The Morgan fingerprint density at radius 3 is 2.87 bits per heavy atom. The summed E-state index contributed by atoms with van der Waals surface area (Å²) in [6.07, 6.45) is 5.67. The first-order valence-corrected chi connectivity index (χ1v) is 10.5. The Hall–Kier alpha value is -3.60. The Kier molecular flexibility index (Phi) is 6.03. The minimum Gasteiger partial charge on any atom is -0.368 e. The van der Waals surface area contributed by atoms with E-state index >= 15 is 0 Å². The maximum atomic E-state index is 13.2. The van der Waals surface area contributed by atoms with Crippen LogP contribution in [0.4, 0.5) is 25.8 Å². The molecule has 2 amide bonds. The number of thiazole rings is 1. The van der Waals surface area contributed by atoms with Gasteiger partial charge in [-0.05, 0) is 32.0 Å². The van der Waals surface area contributed by atoms with E-state index in [1.807, 2.05) is 4.68 Å². The van der Waals surface area contributed by atoms with Crippen LogP contribution in [0.15, 0.2) is 43.0 Å².